The van der Waals surface area contributed by atoms with Gasteiger partial charge in [-0.1, -0.05) is 50.5 Å². The van der Waals surface area contributed by atoms with Crippen molar-refractivity contribution in [1.29, 1.82) is 0 Å². The first-order valence-electron chi connectivity index (χ1n) is 6.76. The largest absolute Gasteiger partial charge is 0.497 e. The first-order valence-corrected chi connectivity index (χ1v) is 6.76. The average molecular weight is 248 g/mol. The summed E-state index contributed by atoms with van der Waals surface area (Å²) < 4.78 is 5.14. The van der Waals surface area contributed by atoms with Crippen LogP contribution in [0.2, 0.25) is 0 Å². The summed E-state index contributed by atoms with van der Waals surface area (Å²) in [5.74, 6) is 0.780. The van der Waals surface area contributed by atoms with Crippen LogP contribution in [0.15, 0.2) is 36.4 Å². The van der Waals surface area contributed by atoms with E-state index in [2.05, 4.69) is 13.0 Å². The first-order chi connectivity index (χ1) is 8.77. The van der Waals surface area contributed by atoms with Crippen molar-refractivity contribution in [3.8, 4) is 5.75 Å². The van der Waals surface area contributed by atoms with Crippen molar-refractivity contribution in [1.82, 2.24) is 0 Å². The summed E-state index contributed by atoms with van der Waals surface area (Å²) >= 11 is 0. The van der Waals surface area contributed by atoms with Gasteiger partial charge in [0.05, 0.1) is 13.2 Å². The second-order valence-corrected chi connectivity index (χ2v) is 4.50. The second-order valence-electron chi connectivity index (χ2n) is 4.50. The maximum absolute atomic E-state index is 10.0. The van der Waals surface area contributed by atoms with Crippen LogP contribution in [-0.2, 0) is 0 Å². The topological polar surface area (TPSA) is 29.5 Å². The molecule has 100 valence electrons. The van der Waals surface area contributed by atoms with Gasteiger partial charge in [0.2, 0.25) is 0 Å². The number of aliphatic hydroxyl groups excluding tert-OH is 1. The van der Waals surface area contributed by atoms with Crippen molar-refractivity contribution in [2.24, 2.45) is 0 Å². The third kappa shape index (κ3) is 5.37. The van der Waals surface area contributed by atoms with Gasteiger partial charge in [0.25, 0.3) is 0 Å². The van der Waals surface area contributed by atoms with Gasteiger partial charge in [-0.15, -0.1) is 0 Å². The number of benzene rings is 1. The lowest BCUT2D eigenvalue weighted by atomic mass is 10.1. The van der Waals surface area contributed by atoms with Gasteiger partial charge in [-0.2, -0.15) is 0 Å². The molecule has 0 unspecified atom stereocenters. The van der Waals surface area contributed by atoms with E-state index in [1.165, 1.54) is 25.7 Å². The van der Waals surface area contributed by atoms with Gasteiger partial charge in [0.15, 0.2) is 0 Å². The van der Waals surface area contributed by atoms with Crippen LogP contribution in [0.5, 0.6) is 5.75 Å². The SMILES string of the molecule is CCCCCC/C=C/[C@@H](O)c1cccc(OC)c1. The lowest BCUT2D eigenvalue weighted by molar-refractivity contribution is 0.227. The van der Waals surface area contributed by atoms with E-state index in [1.54, 1.807) is 7.11 Å². The molecule has 0 saturated carbocycles. The van der Waals surface area contributed by atoms with E-state index in [1.807, 2.05) is 30.3 Å². The minimum Gasteiger partial charge on any atom is -0.497 e. The number of hydrogen-bond donors (Lipinski definition) is 1. The van der Waals surface area contributed by atoms with Crippen molar-refractivity contribution in [2.45, 2.75) is 45.1 Å². The van der Waals surface area contributed by atoms with Gasteiger partial charge in [-0.05, 0) is 30.5 Å². The highest BCUT2D eigenvalue weighted by Crippen LogP contribution is 2.20. The third-order valence-electron chi connectivity index (χ3n) is 2.98. The van der Waals surface area contributed by atoms with Crippen molar-refractivity contribution >= 4 is 0 Å². The molecule has 0 amide bonds. The summed E-state index contributed by atoms with van der Waals surface area (Å²) in [6.45, 7) is 2.21. The summed E-state index contributed by atoms with van der Waals surface area (Å²) in [7, 11) is 1.63. The van der Waals surface area contributed by atoms with Crippen LogP contribution >= 0.6 is 0 Å². The van der Waals surface area contributed by atoms with Crippen molar-refractivity contribution in [3.05, 3.63) is 42.0 Å². The summed E-state index contributed by atoms with van der Waals surface area (Å²) in [5.41, 5.74) is 0.874. The van der Waals surface area contributed by atoms with E-state index in [4.69, 9.17) is 4.74 Å². The molecule has 0 aliphatic rings. The van der Waals surface area contributed by atoms with Crippen LogP contribution in [0.1, 0.15) is 50.7 Å². The van der Waals surface area contributed by atoms with Crippen LogP contribution in [0.25, 0.3) is 0 Å². The standard InChI is InChI=1S/C16H24O2/c1-3-4-5-6-7-8-12-16(17)14-10-9-11-15(13-14)18-2/h8-13,16-17H,3-7H2,1-2H3/b12-8+/t16-/m1/s1. The van der Waals surface area contributed by atoms with E-state index in [9.17, 15) is 5.11 Å². The highest BCUT2D eigenvalue weighted by Gasteiger charge is 2.03. The molecule has 2 heteroatoms. The Kier molecular flexibility index (Phi) is 7.19. The van der Waals surface area contributed by atoms with Crippen LogP contribution < -0.4 is 4.74 Å². The number of unbranched alkanes of at least 4 members (excludes halogenated alkanes) is 4. The van der Waals surface area contributed by atoms with Crippen LogP contribution in [-0.4, -0.2) is 12.2 Å². The predicted molar refractivity (Wildman–Crippen MR) is 75.9 cm³/mol. The Hall–Kier alpha value is -1.28. The Morgan fingerprint density at radius 1 is 1.28 bits per heavy atom. The fourth-order valence-corrected chi connectivity index (χ4v) is 1.85. The monoisotopic (exact) mass is 248 g/mol. The Balaban J connectivity index is 2.39. The lowest BCUT2D eigenvalue weighted by Gasteiger charge is -2.07. The number of hydrogen-bond acceptors (Lipinski definition) is 2. The molecule has 0 spiro atoms. The van der Waals surface area contributed by atoms with E-state index >= 15 is 0 Å². The van der Waals surface area contributed by atoms with Gasteiger partial charge in [-0.3, -0.25) is 0 Å². The zero-order valence-corrected chi connectivity index (χ0v) is 11.4. The number of aliphatic hydroxyl groups is 1. The van der Waals surface area contributed by atoms with Gasteiger partial charge in [0, 0.05) is 0 Å². The highest BCUT2D eigenvalue weighted by molar-refractivity contribution is 5.31. The first kappa shape index (κ1) is 14.8. The molecule has 1 aromatic carbocycles. The molecule has 1 rings (SSSR count). The molecule has 1 atom stereocenters. The molecule has 18 heavy (non-hydrogen) atoms. The quantitative estimate of drug-likeness (QED) is 0.550. The minimum absolute atomic E-state index is 0.536. The molecule has 0 radical (unpaired) electrons. The molecule has 0 heterocycles. The summed E-state index contributed by atoms with van der Waals surface area (Å²) in [5, 5.41) is 10.0. The normalized spacial score (nSPS) is 12.8. The number of ether oxygens (including phenoxy) is 1. The third-order valence-corrected chi connectivity index (χ3v) is 2.98. The van der Waals surface area contributed by atoms with Crippen LogP contribution in [0.4, 0.5) is 0 Å². The summed E-state index contributed by atoms with van der Waals surface area (Å²) in [6.07, 6.45) is 9.47. The van der Waals surface area contributed by atoms with Crippen LogP contribution in [0, 0.1) is 0 Å². The van der Waals surface area contributed by atoms with Gasteiger partial charge in [0.1, 0.15) is 5.75 Å². The molecule has 1 aromatic rings. The van der Waals surface area contributed by atoms with E-state index in [-0.39, 0.29) is 0 Å². The minimum atomic E-state index is -0.536. The molecule has 0 saturated heterocycles. The summed E-state index contributed by atoms with van der Waals surface area (Å²) in [6, 6.07) is 7.55. The van der Waals surface area contributed by atoms with Gasteiger partial charge >= 0.3 is 0 Å². The molecular formula is C16H24O2. The molecule has 0 fully saturated rings. The van der Waals surface area contributed by atoms with E-state index < -0.39 is 6.10 Å². The van der Waals surface area contributed by atoms with Gasteiger partial charge in [-0.25, -0.2) is 0 Å². The second kappa shape index (κ2) is 8.76. The number of methoxy groups -OCH3 is 1. The summed E-state index contributed by atoms with van der Waals surface area (Å²) in [4.78, 5) is 0. The number of allylic oxidation sites excluding steroid dienone is 1. The maximum atomic E-state index is 10.0. The fraction of sp³-hybridized carbons (Fsp3) is 0.500. The number of rotatable bonds is 8. The van der Waals surface area contributed by atoms with E-state index in [0.29, 0.717) is 0 Å². The zero-order chi connectivity index (χ0) is 13.2. The molecule has 0 aliphatic carbocycles. The van der Waals surface area contributed by atoms with Crippen molar-refractivity contribution in [3.63, 3.8) is 0 Å². The van der Waals surface area contributed by atoms with Crippen molar-refractivity contribution < 1.29 is 9.84 Å². The average Bonchev–Trinajstić information content (AvgIpc) is 2.42. The molecule has 1 N–H and O–H groups in total. The Morgan fingerprint density at radius 2 is 2.11 bits per heavy atom. The van der Waals surface area contributed by atoms with E-state index in [0.717, 1.165) is 17.7 Å². The fourth-order valence-electron chi connectivity index (χ4n) is 1.85. The molecule has 0 aromatic heterocycles. The molecular weight excluding hydrogens is 224 g/mol. The Bertz CT molecular complexity index is 358. The molecule has 0 bridgehead atoms. The molecule has 0 aliphatic heterocycles. The Morgan fingerprint density at radius 3 is 2.83 bits per heavy atom. The zero-order valence-electron chi connectivity index (χ0n) is 11.4. The molecule has 2 nitrogen and oxygen atoms in total. The smallest absolute Gasteiger partial charge is 0.119 e. The highest BCUT2D eigenvalue weighted by atomic mass is 16.5. The predicted octanol–water partition coefficient (Wildman–Crippen LogP) is 4.26. The maximum Gasteiger partial charge on any atom is 0.119 e. The lowest BCUT2D eigenvalue weighted by Crippen LogP contribution is -1.93. The Labute approximate surface area is 110 Å². The van der Waals surface area contributed by atoms with Gasteiger partial charge < -0.3 is 9.84 Å². The van der Waals surface area contributed by atoms with Crippen LogP contribution in [0.3, 0.4) is 0 Å². The van der Waals surface area contributed by atoms with Crippen molar-refractivity contribution in [2.75, 3.05) is 7.11 Å².